The van der Waals surface area contributed by atoms with Gasteiger partial charge < -0.3 is 26.2 Å². The predicted octanol–water partition coefficient (Wildman–Crippen LogP) is 3.10. The smallest absolute Gasteiger partial charge is 0.273 e. The van der Waals surface area contributed by atoms with E-state index in [-0.39, 0.29) is 17.4 Å². The fraction of sp³-hybridized carbons (Fsp3) is 0.292. The number of aliphatic imine (C=N–C) groups is 1. The van der Waals surface area contributed by atoms with Crippen LogP contribution in [0.5, 0.6) is 0 Å². The van der Waals surface area contributed by atoms with Crippen molar-refractivity contribution in [1.29, 1.82) is 0 Å². The summed E-state index contributed by atoms with van der Waals surface area (Å²) < 4.78 is 13.8. The molecule has 0 saturated carbocycles. The lowest BCUT2D eigenvalue weighted by Gasteiger charge is -2.30. The summed E-state index contributed by atoms with van der Waals surface area (Å²) in [5.74, 6) is -0.369. The van der Waals surface area contributed by atoms with Crippen LogP contribution in [0.3, 0.4) is 0 Å². The van der Waals surface area contributed by atoms with Crippen LogP contribution in [0, 0.1) is 5.82 Å². The minimum Gasteiger partial charge on any atom is -0.367 e. The molecule has 0 aliphatic carbocycles. The van der Waals surface area contributed by atoms with Gasteiger partial charge in [-0.25, -0.2) is 4.39 Å². The molecule has 1 amide bonds. The summed E-state index contributed by atoms with van der Waals surface area (Å²) in [7, 11) is 0. The zero-order valence-electron chi connectivity index (χ0n) is 18.9. The van der Waals surface area contributed by atoms with E-state index in [1.54, 1.807) is 49.7 Å². The van der Waals surface area contributed by atoms with E-state index in [1.807, 2.05) is 13.0 Å². The van der Waals surface area contributed by atoms with Crippen LogP contribution in [0.15, 0.2) is 72.3 Å². The number of anilines is 3. The maximum atomic E-state index is 13.8. The Labute approximate surface area is 193 Å². The number of halogens is 1. The quantitative estimate of drug-likeness (QED) is 0.438. The fourth-order valence-corrected chi connectivity index (χ4v) is 3.44. The van der Waals surface area contributed by atoms with E-state index in [4.69, 9.17) is 0 Å². The predicted molar refractivity (Wildman–Crippen MR) is 132 cm³/mol. The molecule has 174 valence electrons. The Kier molecular flexibility index (Phi) is 8.54. The number of hydrogen-bond acceptors (Lipinski definition) is 7. The number of nitrogens with zero attached hydrogens (tertiary/aromatic N) is 3. The molecule has 2 heterocycles. The third-order valence-electron chi connectivity index (χ3n) is 4.94. The van der Waals surface area contributed by atoms with Crippen LogP contribution in [0.25, 0.3) is 0 Å². The van der Waals surface area contributed by atoms with E-state index >= 15 is 0 Å². The minimum absolute atomic E-state index is 0.242. The number of aromatic nitrogens is 1. The second kappa shape index (κ2) is 11.8. The van der Waals surface area contributed by atoms with E-state index in [2.05, 4.69) is 42.7 Å². The Morgan fingerprint density at radius 1 is 1.24 bits per heavy atom. The van der Waals surface area contributed by atoms with Gasteiger partial charge in [0.2, 0.25) is 0 Å². The van der Waals surface area contributed by atoms with E-state index < -0.39 is 6.17 Å². The molecule has 33 heavy (non-hydrogen) atoms. The first-order valence-corrected chi connectivity index (χ1v) is 10.9. The van der Waals surface area contributed by atoms with Crippen molar-refractivity contribution < 1.29 is 9.18 Å². The Morgan fingerprint density at radius 2 is 2.00 bits per heavy atom. The molecule has 1 atom stereocenters. The van der Waals surface area contributed by atoms with Crippen molar-refractivity contribution in [3.05, 3.63) is 73.1 Å². The van der Waals surface area contributed by atoms with Crippen molar-refractivity contribution in [3.8, 4) is 0 Å². The van der Waals surface area contributed by atoms with Gasteiger partial charge >= 0.3 is 0 Å². The first-order valence-electron chi connectivity index (χ1n) is 10.9. The molecule has 8 nitrogen and oxygen atoms in total. The summed E-state index contributed by atoms with van der Waals surface area (Å²) in [6.07, 6.45) is 6.26. The van der Waals surface area contributed by atoms with Gasteiger partial charge in [-0.2, -0.15) is 0 Å². The van der Waals surface area contributed by atoms with Crippen LogP contribution in [-0.2, 0) is 4.79 Å². The molecule has 1 saturated heterocycles. The Bertz CT molecular complexity index is 1030. The molecule has 3 rings (SSSR count). The highest BCUT2D eigenvalue weighted by Gasteiger charge is 2.18. The van der Waals surface area contributed by atoms with Crippen molar-refractivity contribution in [3.63, 3.8) is 0 Å². The molecule has 2 aromatic rings. The van der Waals surface area contributed by atoms with Crippen molar-refractivity contribution >= 4 is 28.7 Å². The number of allylic oxidation sites excluding steroid dienone is 1. The van der Waals surface area contributed by atoms with Crippen molar-refractivity contribution in [2.24, 2.45) is 4.99 Å². The number of nitrogens with one attached hydrogen (secondary N) is 4. The summed E-state index contributed by atoms with van der Waals surface area (Å²) in [4.78, 5) is 23.9. The van der Waals surface area contributed by atoms with Gasteiger partial charge in [0.05, 0.1) is 29.1 Å². The summed E-state index contributed by atoms with van der Waals surface area (Å²) in [5.41, 5.74) is 2.10. The molecule has 1 unspecified atom stereocenters. The number of piperazine rings is 1. The van der Waals surface area contributed by atoms with Gasteiger partial charge in [-0.3, -0.25) is 14.8 Å². The van der Waals surface area contributed by atoms with Crippen LogP contribution in [-0.4, -0.2) is 48.9 Å². The summed E-state index contributed by atoms with van der Waals surface area (Å²) >= 11 is 0. The van der Waals surface area contributed by atoms with E-state index in [9.17, 15) is 9.18 Å². The van der Waals surface area contributed by atoms with Crippen molar-refractivity contribution in [1.82, 2.24) is 15.6 Å². The molecule has 1 aliphatic rings. The Hall–Kier alpha value is -3.72. The maximum absolute atomic E-state index is 13.8. The van der Waals surface area contributed by atoms with Gasteiger partial charge in [-0.05, 0) is 38.1 Å². The number of pyridine rings is 1. The lowest BCUT2D eigenvalue weighted by atomic mass is 10.2. The Morgan fingerprint density at radius 3 is 2.73 bits per heavy atom. The molecular weight excluding hydrogens is 421 g/mol. The SMILES string of the molecule is C=C(Nc1ccccc1F)NC(C)/N=C(\C=C/C)C(=O)Nc1cnccc1N1CCNCC1. The molecule has 9 heteroatoms. The highest BCUT2D eigenvalue weighted by molar-refractivity contribution is 6.47. The lowest BCUT2D eigenvalue weighted by molar-refractivity contribution is -0.110. The maximum Gasteiger partial charge on any atom is 0.273 e. The largest absolute Gasteiger partial charge is 0.367 e. The van der Waals surface area contributed by atoms with E-state index in [0.717, 1.165) is 31.9 Å². The molecule has 0 spiro atoms. The number of hydrogen-bond donors (Lipinski definition) is 4. The molecule has 1 aliphatic heterocycles. The first-order chi connectivity index (χ1) is 16.0. The molecule has 1 fully saturated rings. The van der Waals surface area contributed by atoms with Gasteiger partial charge in [0.15, 0.2) is 0 Å². The van der Waals surface area contributed by atoms with Gasteiger partial charge in [0, 0.05) is 32.4 Å². The lowest BCUT2D eigenvalue weighted by Crippen LogP contribution is -2.44. The topological polar surface area (TPSA) is 93.7 Å². The fourth-order valence-electron chi connectivity index (χ4n) is 3.44. The average molecular weight is 452 g/mol. The third-order valence-corrected chi connectivity index (χ3v) is 4.94. The molecule has 4 N–H and O–H groups in total. The van der Waals surface area contributed by atoms with Crippen LogP contribution < -0.4 is 26.2 Å². The first kappa shape index (κ1) is 23.9. The molecule has 1 aromatic carbocycles. The van der Waals surface area contributed by atoms with E-state index in [1.165, 1.54) is 6.07 Å². The van der Waals surface area contributed by atoms with Gasteiger partial charge in [-0.15, -0.1) is 0 Å². The number of para-hydroxylation sites is 1. The number of benzene rings is 1. The van der Waals surface area contributed by atoms with Gasteiger partial charge in [-0.1, -0.05) is 24.8 Å². The zero-order valence-corrected chi connectivity index (χ0v) is 18.9. The highest BCUT2D eigenvalue weighted by Crippen LogP contribution is 2.25. The summed E-state index contributed by atoms with van der Waals surface area (Å²) in [6.45, 7) is 10.9. The monoisotopic (exact) mass is 451 g/mol. The minimum atomic E-state index is -0.490. The second-order valence-electron chi connectivity index (χ2n) is 7.50. The van der Waals surface area contributed by atoms with Crippen molar-refractivity contribution in [2.45, 2.75) is 20.0 Å². The molecule has 0 radical (unpaired) electrons. The van der Waals surface area contributed by atoms with Gasteiger partial charge in [0.1, 0.15) is 17.7 Å². The number of rotatable bonds is 9. The summed E-state index contributed by atoms with van der Waals surface area (Å²) in [5, 5.41) is 12.2. The van der Waals surface area contributed by atoms with E-state index in [0.29, 0.717) is 17.2 Å². The zero-order chi connectivity index (χ0) is 23.6. The van der Waals surface area contributed by atoms with Crippen LogP contribution in [0.4, 0.5) is 21.5 Å². The summed E-state index contributed by atoms with van der Waals surface area (Å²) in [6, 6.07) is 8.21. The molecule has 1 aromatic heterocycles. The van der Waals surface area contributed by atoms with Crippen LogP contribution >= 0.6 is 0 Å². The number of carbonyl (C=O) groups excluding carboxylic acids is 1. The second-order valence-corrected chi connectivity index (χ2v) is 7.50. The van der Waals surface area contributed by atoms with Crippen LogP contribution in [0.1, 0.15) is 13.8 Å². The molecular formula is C24H30FN7O. The molecule has 0 bridgehead atoms. The highest BCUT2D eigenvalue weighted by atomic mass is 19.1. The normalized spacial score (nSPS) is 15.2. The average Bonchev–Trinajstić information content (AvgIpc) is 2.81. The third kappa shape index (κ3) is 6.88. The van der Waals surface area contributed by atoms with Crippen molar-refractivity contribution in [2.75, 3.05) is 41.7 Å². The van der Waals surface area contributed by atoms with Gasteiger partial charge in [0.25, 0.3) is 5.91 Å². The van der Waals surface area contributed by atoms with Crippen LogP contribution in [0.2, 0.25) is 0 Å². The Balaban J connectivity index is 1.68. The number of amides is 1. The standard InChI is InChI=1S/C24H30FN7O/c1-4-7-21(30-18(3)28-17(2)29-20-9-6-5-8-19(20)25)24(33)31-22-16-27-11-10-23(22)32-14-12-26-13-15-32/h4-11,16,18,26,28-29H,2,12-15H2,1,3H3,(H,31,33)/b7-4-,30-21+. The number of carbonyl (C=O) groups is 1.